The molecule has 0 unspecified atom stereocenters. The summed E-state index contributed by atoms with van der Waals surface area (Å²) in [4.78, 5) is 5.73. The molecule has 2 nitrogen and oxygen atoms in total. The van der Waals surface area contributed by atoms with Gasteiger partial charge in [0.1, 0.15) is 5.82 Å². The van der Waals surface area contributed by atoms with Crippen molar-refractivity contribution < 1.29 is 0 Å². The molecule has 2 aliphatic carbocycles. The number of nitrogens with zero attached hydrogens (tertiary/aromatic N) is 1. The van der Waals surface area contributed by atoms with E-state index in [4.69, 9.17) is 5.73 Å². The Morgan fingerprint density at radius 3 is 2.21 bits per heavy atom. The number of nitrogen functional groups attached to an aromatic ring is 1. The summed E-state index contributed by atoms with van der Waals surface area (Å²) < 4.78 is 0. The van der Waals surface area contributed by atoms with Gasteiger partial charge in [-0.1, -0.05) is 0 Å². The predicted octanol–water partition coefficient (Wildman–Crippen LogP) is 2.94. The molecule has 0 atom stereocenters. The Morgan fingerprint density at radius 2 is 1.86 bits per heavy atom. The van der Waals surface area contributed by atoms with Crippen LogP contribution in [0.2, 0.25) is 0 Å². The largest absolute Gasteiger partial charge is 0.383 e. The monoisotopic (exact) mass is 208 g/mol. The van der Waals surface area contributed by atoms with Crippen molar-refractivity contribution in [2.24, 2.45) is 11.8 Å². The summed E-state index contributed by atoms with van der Waals surface area (Å²) in [5.41, 5.74) is 5.82. The average Bonchev–Trinajstić information content (AvgIpc) is 2.95. The van der Waals surface area contributed by atoms with Crippen LogP contribution in [0.15, 0.2) is 0 Å². The second-order valence-electron chi connectivity index (χ2n) is 4.69. The van der Waals surface area contributed by atoms with E-state index in [1.165, 1.54) is 35.6 Å². The number of thiazole rings is 1. The molecule has 0 saturated heterocycles. The van der Waals surface area contributed by atoms with Gasteiger partial charge in [0.25, 0.3) is 0 Å². The number of hydrogen-bond acceptors (Lipinski definition) is 3. The van der Waals surface area contributed by atoms with E-state index >= 15 is 0 Å². The van der Waals surface area contributed by atoms with Gasteiger partial charge in [0.05, 0.1) is 5.01 Å². The molecule has 0 radical (unpaired) electrons. The van der Waals surface area contributed by atoms with Crippen molar-refractivity contribution in [3.05, 3.63) is 9.88 Å². The number of rotatable bonds is 3. The topological polar surface area (TPSA) is 38.9 Å². The smallest absolute Gasteiger partial charge is 0.137 e. The summed E-state index contributed by atoms with van der Waals surface area (Å²) in [6.45, 7) is 2.08. The van der Waals surface area contributed by atoms with Crippen LogP contribution in [0.3, 0.4) is 0 Å². The Hall–Kier alpha value is -0.570. The van der Waals surface area contributed by atoms with Crippen LogP contribution in [0.25, 0.3) is 0 Å². The van der Waals surface area contributed by atoms with Crippen LogP contribution >= 0.6 is 11.3 Å². The molecule has 14 heavy (non-hydrogen) atoms. The van der Waals surface area contributed by atoms with E-state index < -0.39 is 0 Å². The number of aromatic nitrogens is 1. The quantitative estimate of drug-likeness (QED) is 0.829. The van der Waals surface area contributed by atoms with E-state index in [1.807, 2.05) is 11.3 Å². The first-order valence-electron chi connectivity index (χ1n) is 5.48. The van der Waals surface area contributed by atoms with Crippen LogP contribution < -0.4 is 5.73 Å². The van der Waals surface area contributed by atoms with E-state index in [-0.39, 0.29) is 0 Å². The zero-order chi connectivity index (χ0) is 9.71. The van der Waals surface area contributed by atoms with Gasteiger partial charge in [-0.05, 0) is 44.4 Å². The van der Waals surface area contributed by atoms with Crippen molar-refractivity contribution in [3.63, 3.8) is 0 Å². The number of hydrogen-bond donors (Lipinski definition) is 1. The van der Waals surface area contributed by atoms with Gasteiger partial charge >= 0.3 is 0 Å². The molecule has 1 heterocycles. The SMILES string of the molecule is Cc1sc(C(C2CC2)C2CC2)nc1N. The average molecular weight is 208 g/mol. The maximum atomic E-state index is 5.82. The summed E-state index contributed by atoms with van der Waals surface area (Å²) in [6.07, 6.45) is 5.67. The Balaban J connectivity index is 1.89. The Labute approximate surface area is 88.5 Å². The van der Waals surface area contributed by atoms with Crippen LogP contribution in [-0.4, -0.2) is 4.98 Å². The fourth-order valence-electron chi connectivity index (χ4n) is 2.27. The third-order valence-corrected chi connectivity index (χ3v) is 4.48. The van der Waals surface area contributed by atoms with E-state index in [0.29, 0.717) is 0 Å². The van der Waals surface area contributed by atoms with Crippen molar-refractivity contribution in [1.82, 2.24) is 4.98 Å². The van der Waals surface area contributed by atoms with E-state index in [1.54, 1.807) is 0 Å². The van der Waals surface area contributed by atoms with Gasteiger partial charge < -0.3 is 5.73 Å². The normalized spacial score (nSPS) is 21.9. The minimum absolute atomic E-state index is 0.760. The lowest BCUT2D eigenvalue weighted by Gasteiger charge is -2.10. The molecule has 2 N–H and O–H groups in total. The zero-order valence-corrected chi connectivity index (χ0v) is 9.31. The molecule has 0 aromatic carbocycles. The van der Waals surface area contributed by atoms with E-state index in [0.717, 1.165) is 23.6 Å². The van der Waals surface area contributed by atoms with Crippen molar-refractivity contribution in [2.45, 2.75) is 38.5 Å². The molecule has 2 aliphatic rings. The fraction of sp³-hybridized carbons (Fsp3) is 0.727. The Kier molecular flexibility index (Phi) is 1.84. The first kappa shape index (κ1) is 8.72. The van der Waals surface area contributed by atoms with Crippen molar-refractivity contribution >= 4 is 17.2 Å². The van der Waals surface area contributed by atoms with Gasteiger partial charge in [-0.3, -0.25) is 0 Å². The lowest BCUT2D eigenvalue weighted by Crippen LogP contribution is -2.03. The summed E-state index contributed by atoms with van der Waals surface area (Å²) in [7, 11) is 0. The second-order valence-corrected chi connectivity index (χ2v) is 5.93. The van der Waals surface area contributed by atoms with Crippen LogP contribution in [-0.2, 0) is 0 Å². The van der Waals surface area contributed by atoms with Gasteiger partial charge in [0.15, 0.2) is 0 Å². The number of nitrogens with two attached hydrogens (primary N) is 1. The lowest BCUT2D eigenvalue weighted by molar-refractivity contribution is 0.535. The molecule has 2 saturated carbocycles. The molecule has 76 valence electrons. The van der Waals surface area contributed by atoms with Gasteiger partial charge in [-0.2, -0.15) is 0 Å². The summed E-state index contributed by atoms with van der Waals surface area (Å²) in [5.74, 6) is 3.40. The first-order chi connectivity index (χ1) is 6.75. The maximum absolute atomic E-state index is 5.82. The van der Waals surface area contributed by atoms with Crippen molar-refractivity contribution in [2.75, 3.05) is 5.73 Å². The third-order valence-electron chi connectivity index (χ3n) is 3.39. The first-order valence-corrected chi connectivity index (χ1v) is 6.30. The highest BCUT2D eigenvalue weighted by Crippen LogP contribution is 2.55. The molecule has 0 aliphatic heterocycles. The minimum Gasteiger partial charge on any atom is -0.383 e. The van der Waals surface area contributed by atoms with Gasteiger partial charge in [0, 0.05) is 10.8 Å². The molecule has 1 aromatic rings. The highest BCUT2D eigenvalue weighted by atomic mass is 32.1. The summed E-state index contributed by atoms with van der Waals surface area (Å²) in [6, 6.07) is 0. The van der Waals surface area contributed by atoms with Crippen molar-refractivity contribution in [3.8, 4) is 0 Å². The van der Waals surface area contributed by atoms with E-state index in [9.17, 15) is 0 Å². The third kappa shape index (κ3) is 1.44. The standard InChI is InChI=1S/C11H16N2S/c1-6-10(12)13-11(14-6)9(7-2-3-7)8-4-5-8/h7-9H,2-5,12H2,1H3. The van der Waals surface area contributed by atoms with Crippen LogP contribution in [0.1, 0.15) is 41.5 Å². The number of aryl methyl sites for hydroxylation is 1. The van der Waals surface area contributed by atoms with Gasteiger partial charge in [-0.25, -0.2) is 4.98 Å². The molecule has 2 fully saturated rings. The zero-order valence-electron chi connectivity index (χ0n) is 8.49. The molecular formula is C11H16N2S. The van der Waals surface area contributed by atoms with Gasteiger partial charge in [-0.15, -0.1) is 11.3 Å². The Morgan fingerprint density at radius 1 is 1.29 bits per heavy atom. The molecule has 0 bridgehead atoms. The Bertz CT molecular complexity index is 319. The molecule has 0 spiro atoms. The predicted molar refractivity (Wildman–Crippen MR) is 59.5 cm³/mol. The maximum Gasteiger partial charge on any atom is 0.137 e. The number of anilines is 1. The van der Waals surface area contributed by atoms with E-state index in [2.05, 4.69) is 11.9 Å². The lowest BCUT2D eigenvalue weighted by atomic mass is 9.99. The van der Waals surface area contributed by atoms with Crippen LogP contribution in [0, 0.1) is 18.8 Å². The van der Waals surface area contributed by atoms with Gasteiger partial charge in [0.2, 0.25) is 0 Å². The molecule has 0 amide bonds. The molecular weight excluding hydrogens is 192 g/mol. The highest BCUT2D eigenvalue weighted by molar-refractivity contribution is 7.12. The molecule has 3 heteroatoms. The van der Waals surface area contributed by atoms with Crippen molar-refractivity contribution in [1.29, 1.82) is 0 Å². The van der Waals surface area contributed by atoms with Crippen LogP contribution in [0.5, 0.6) is 0 Å². The fourth-order valence-corrected chi connectivity index (χ4v) is 3.40. The molecule has 1 aromatic heterocycles. The summed E-state index contributed by atoms with van der Waals surface area (Å²) >= 11 is 1.82. The van der Waals surface area contributed by atoms with Crippen LogP contribution in [0.4, 0.5) is 5.82 Å². The highest BCUT2D eigenvalue weighted by Gasteiger charge is 2.43. The second kappa shape index (κ2) is 2.96. The minimum atomic E-state index is 0.760. The molecule has 3 rings (SSSR count). The summed E-state index contributed by atoms with van der Waals surface area (Å²) in [5, 5.41) is 1.32.